The summed E-state index contributed by atoms with van der Waals surface area (Å²) in [5.41, 5.74) is 5.04. The Balaban J connectivity index is 1.33. The van der Waals surface area contributed by atoms with E-state index in [9.17, 15) is 10.1 Å². The summed E-state index contributed by atoms with van der Waals surface area (Å²) in [6, 6.07) is 21.5. The zero-order valence-corrected chi connectivity index (χ0v) is 21.2. The Morgan fingerprint density at radius 2 is 1.92 bits per heavy atom. The molecular formula is C29H25N7O3. The van der Waals surface area contributed by atoms with Crippen molar-refractivity contribution in [3.63, 3.8) is 0 Å². The molecule has 194 valence electrons. The number of carbonyl (C=O) groups excluding carboxylic acids is 1. The van der Waals surface area contributed by atoms with Gasteiger partial charge in [-0.2, -0.15) is 5.26 Å². The Hall–Kier alpha value is -4.88. The van der Waals surface area contributed by atoms with Crippen molar-refractivity contribution in [3.05, 3.63) is 89.1 Å². The highest BCUT2D eigenvalue weighted by molar-refractivity contribution is 6.16. The number of aliphatic imine (C=N–C) groups is 1. The van der Waals surface area contributed by atoms with Gasteiger partial charge in [0.25, 0.3) is 5.89 Å². The maximum absolute atomic E-state index is 13.3. The molecule has 2 aromatic heterocycles. The van der Waals surface area contributed by atoms with Crippen molar-refractivity contribution < 1.29 is 13.9 Å². The number of nitrogens with one attached hydrogen (secondary N) is 1. The third kappa shape index (κ3) is 5.00. The average molecular weight is 520 g/mol. The van der Waals surface area contributed by atoms with Gasteiger partial charge in [0.1, 0.15) is 6.07 Å². The lowest BCUT2D eigenvalue weighted by molar-refractivity contribution is -0.119. The number of anilines is 2. The summed E-state index contributed by atoms with van der Waals surface area (Å²) in [7, 11) is 0. The molecule has 0 aliphatic carbocycles. The average Bonchev–Trinajstić information content (AvgIpc) is 3.38. The number of carbonyl (C=O) groups is 1. The number of rotatable bonds is 5. The van der Waals surface area contributed by atoms with Gasteiger partial charge in [-0.05, 0) is 18.6 Å². The van der Waals surface area contributed by atoms with Crippen molar-refractivity contribution in [3.8, 4) is 17.7 Å². The molecule has 2 aliphatic rings. The van der Waals surface area contributed by atoms with Gasteiger partial charge in [0, 0.05) is 36.8 Å². The lowest BCUT2D eigenvalue weighted by Gasteiger charge is -2.33. The van der Waals surface area contributed by atoms with Crippen LogP contribution in [0.1, 0.15) is 29.2 Å². The van der Waals surface area contributed by atoms with E-state index in [4.69, 9.17) is 14.1 Å². The van der Waals surface area contributed by atoms with E-state index in [1.807, 2.05) is 61.5 Å². The van der Waals surface area contributed by atoms with Crippen LogP contribution in [0, 0.1) is 11.3 Å². The van der Waals surface area contributed by atoms with Crippen molar-refractivity contribution in [1.82, 2.24) is 15.2 Å². The van der Waals surface area contributed by atoms with E-state index in [0.717, 1.165) is 16.7 Å². The van der Waals surface area contributed by atoms with Gasteiger partial charge in [0.2, 0.25) is 0 Å². The number of nitrogens with zero attached hydrogens (tertiary/aromatic N) is 6. The van der Waals surface area contributed by atoms with Crippen LogP contribution < -0.4 is 10.2 Å². The molecule has 4 aromatic rings. The number of morpholine rings is 1. The fourth-order valence-electron chi connectivity index (χ4n) is 4.85. The standard InChI is InChI=1S/C29H25N7O3/c1-18-17-36(11-12-38-18)23-13-19(15-30)16-31-26(23)28-34-35-29(39-28)33-27-24(37)14-21-9-5-6-10-22(21)25(32-27)20-7-3-2-4-8-20/h2-10,13,16,18,27H,11-12,14,17H2,1H3,(H,33,35)/t18-,27-/m1/s1. The number of hydrogen-bond donors (Lipinski definition) is 1. The van der Waals surface area contributed by atoms with Gasteiger partial charge in [-0.25, -0.2) is 4.98 Å². The molecule has 0 radical (unpaired) electrons. The predicted molar refractivity (Wildman–Crippen MR) is 145 cm³/mol. The van der Waals surface area contributed by atoms with E-state index in [-0.39, 0.29) is 30.2 Å². The Labute approximate surface area is 225 Å². The topological polar surface area (TPSA) is 130 Å². The predicted octanol–water partition coefficient (Wildman–Crippen LogP) is 3.63. The molecule has 0 spiro atoms. The molecule has 39 heavy (non-hydrogen) atoms. The molecule has 2 atom stereocenters. The van der Waals surface area contributed by atoms with Gasteiger partial charge in [0.05, 0.1) is 29.7 Å². The molecule has 1 saturated heterocycles. The molecule has 6 rings (SSSR count). The van der Waals surface area contributed by atoms with Crippen LogP contribution in [0.5, 0.6) is 0 Å². The van der Waals surface area contributed by atoms with Crippen molar-refractivity contribution >= 4 is 23.2 Å². The summed E-state index contributed by atoms with van der Waals surface area (Å²) in [5, 5.41) is 20.8. The molecule has 0 saturated carbocycles. The van der Waals surface area contributed by atoms with Crippen molar-refractivity contribution in [2.45, 2.75) is 25.6 Å². The van der Waals surface area contributed by atoms with Gasteiger partial charge in [-0.15, -0.1) is 5.10 Å². The SMILES string of the molecule is C[C@@H]1CN(c2cc(C#N)cnc2-c2nnc(N[C@H]3N=C(c4ccccc4)c4ccccc4CC3=O)o2)CCO1. The molecule has 4 heterocycles. The number of aromatic nitrogens is 3. The molecule has 10 nitrogen and oxygen atoms in total. The lowest BCUT2D eigenvalue weighted by atomic mass is 9.96. The smallest absolute Gasteiger partial charge is 0.317 e. The second-order valence-electron chi connectivity index (χ2n) is 9.43. The first-order chi connectivity index (χ1) is 19.1. The molecule has 0 bridgehead atoms. The third-order valence-electron chi connectivity index (χ3n) is 6.71. The minimum absolute atomic E-state index is 0.0271. The first-order valence-corrected chi connectivity index (χ1v) is 12.7. The minimum atomic E-state index is -0.922. The van der Waals surface area contributed by atoms with E-state index in [0.29, 0.717) is 42.4 Å². The summed E-state index contributed by atoms with van der Waals surface area (Å²) in [4.78, 5) is 24.7. The maximum Gasteiger partial charge on any atom is 0.317 e. The molecule has 1 N–H and O–H groups in total. The van der Waals surface area contributed by atoms with Crippen LogP contribution in [-0.2, 0) is 16.0 Å². The van der Waals surface area contributed by atoms with Crippen molar-refractivity contribution in [2.75, 3.05) is 29.9 Å². The van der Waals surface area contributed by atoms with E-state index in [1.54, 1.807) is 6.07 Å². The number of Topliss-reactive ketones (excluding diaryl/α,β-unsaturated/α-hetero) is 1. The van der Waals surface area contributed by atoms with Gasteiger partial charge in [-0.1, -0.05) is 59.7 Å². The molecule has 0 unspecified atom stereocenters. The Bertz CT molecular complexity index is 1590. The zero-order valence-electron chi connectivity index (χ0n) is 21.2. The zero-order chi connectivity index (χ0) is 26.8. The van der Waals surface area contributed by atoms with E-state index in [1.165, 1.54) is 6.20 Å². The van der Waals surface area contributed by atoms with E-state index < -0.39 is 6.17 Å². The highest BCUT2D eigenvalue weighted by Gasteiger charge is 2.28. The van der Waals surface area contributed by atoms with Crippen LogP contribution in [0.4, 0.5) is 11.7 Å². The van der Waals surface area contributed by atoms with Crippen LogP contribution in [0.2, 0.25) is 0 Å². The summed E-state index contributed by atoms with van der Waals surface area (Å²) < 4.78 is 11.6. The van der Waals surface area contributed by atoms with E-state index in [2.05, 4.69) is 31.5 Å². The minimum Gasteiger partial charge on any atom is -0.402 e. The number of nitriles is 1. The van der Waals surface area contributed by atoms with Crippen LogP contribution in [0.3, 0.4) is 0 Å². The molecule has 2 aliphatic heterocycles. The monoisotopic (exact) mass is 519 g/mol. The van der Waals surface area contributed by atoms with Crippen molar-refractivity contribution in [1.29, 1.82) is 5.26 Å². The second-order valence-corrected chi connectivity index (χ2v) is 9.43. The lowest BCUT2D eigenvalue weighted by Crippen LogP contribution is -2.41. The normalized spacial score (nSPS) is 19.0. The molecule has 10 heteroatoms. The maximum atomic E-state index is 13.3. The number of ether oxygens (including phenoxy) is 1. The second kappa shape index (κ2) is 10.5. The summed E-state index contributed by atoms with van der Waals surface area (Å²) in [6.45, 7) is 3.83. The van der Waals surface area contributed by atoms with Gasteiger partial charge >= 0.3 is 6.01 Å². The highest BCUT2D eigenvalue weighted by atomic mass is 16.5. The Kier molecular flexibility index (Phi) is 6.57. The van der Waals surface area contributed by atoms with Crippen LogP contribution >= 0.6 is 0 Å². The fourth-order valence-corrected chi connectivity index (χ4v) is 4.85. The van der Waals surface area contributed by atoms with Gasteiger partial charge in [-0.3, -0.25) is 9.79 Å². The first-order valence-electron chi connectivity index (χ1n) is 12.7. The van der Waals surface area contributed by atoms with Gasteiger partial charge in [0.15, 0.2) is 17.6 Å². The van der Waals surface area contributed by atoms with Crippen molar-refractivity contribution in [2.24, 2.45) is 4.99 Å². The summed E-state index contributed by atoms with van der Waals surface area (Å²) >= 11 is 0. The number of ketones is 1. The largest absolute Gasteiger partial charge is 0.402 e. The van der Waals surface area contributed by atoms with E-state index >= 15 is 0 Å². The quantitative estimate of drug-likeness (QED) is 0.420. The number of hydrogen-bond acceptors (Lipinski definition) is 10. The molecule has 2 aromatic carbocycles. The molecule has 1 fully saturated rings. The Morgan fingerprint density at radius 1 is 1.10 bits per heavy atom. The number of benzene rings is 2. The highest BCUT2D eigenvalue weighted by Crippen LogP contribution is 2.31. The number of pyridine rings is 1. The molecule has 0 amide bonds. The third-order valence-corrected chi connectivity index (χ3v) is 6.71. The summed E-state index contributed by atoms with van der Waals surface area (Å²) in [5.74, 6) is 0.0559. The van der Waals surface area contributed by atoms with Crippen LogP contribution in [-0.4, -0.2) is 58.6 Å². The fraction of sp³-hybridized carbons (Fsp3) is 0.241. The summed E-state index contributed by atoms with van der Waals surface area (Å²) in [6.07, 6.45) is 0.793. The number of fused-ring (bicyclic) bond motifs is 1. The van der Waals surface area contributed by atoms with Crippen LogP contribution in [0.15, 0.2) is 76.3 Å². The first kappa shape index (κ1) is 24.5. The molecular weight excluding hydrogens is 494 g/mol. The Morgan fingerprint density at radius 3 is 2.74 bits per heavy atom. The van der Waals surface area contributed by atoms with Gasteiger partial charge < -0.3 is 19.4 Å². The van der Waals surface area contributed by atoms with Crippen LogP contribution in [0.25, 0.3) is 11.6 Å².